The van der Waals surface area contributed by atoms with E-state index in [0.29, 0.717) is 25.6 Å². The largest absolute Gasteiger partial charge is 0.466 e. The molecule has 0 saturated carbocycles. The van der Waals surface area contributed by atoms with Crippen LogP contribution in [0.4, 0.5) is 0 Å². The van der Waals surface area contributed by atoms with Crippen LogP contribution in [0, 0.1) is 11.8 Å². The average molecular weight is 525 g/mol. The van der Waals surface area contributed by atoms with E-state index in [1.54, 1.807) is 0 Å². The lowest BCUT2D eigenvalue weighted by atomic mass is 9.84. The Morgan fingerprint density at radius 2 is 0.973 bits per heavy atom. The number of rotatable bonds is 28. The highest BCUT2D eigenvalue weighted by Crippen LogP contribution is 2.27. The second kappa shape index (κ2) is 28.0. The minimum Gasteiger partial charge on any atom is -0.466 e. The first kappa shape index (κ1) is 35.9. The van der Waals surface area contributed by atoms with E-state index >= 15 is 0 Å². The van der Waals surface area contributed by atoms with E-state index < -0.39 is 0 Å². The Balaban J connectivity index is 3.68. The smallest absolute Gasteiger partial charge is 0.309 e. The summed E-state index contributed by atoms with van der Waals surface area (Å²) >= 11 is 0. The van der Waals surface area contributed by atoms with E-state index in [1.165, 1.54) is 96.3 Å². The van der Waals surface area contributed by atoms with Crippen LogP contribution in [-0.2, 0) is 19.1 Å². The summed E-state index contributed by atoms with van der Waals surface area (Å²) < 4.78 is 11.0. The van der Waals surface area contributed by atoms with Crippen LogP contribution in [0.1, 0.15) is 175 Å². The third-order valence-corrected chi connectivity index (χ3v) is 7.79. The third-order valence-electron chi connectivity index (χ3n) is 7.79. The summed E-state index contributed by atoms with van der Waals surface area (Å²) in [4.78, 5) is 24.4. The van der Waals surface area contributed by atoms with Crippen molar-refractivity contribution in [2.24, 2.45) is 11.8 Å². The summed E-state index contributed by atoms with van der Waals surface area (Å²) in [7, 11) is 0. The van der Waals surface area contributed by atoms with Gasteiger partial charge in [0.2, 0.25) is 0 Å². The molecule has 0 radical (unpaired) electrons. The molecule has 0 fully saturated rings. The molecule has 0 aromatic rings. The molecule has 220 valence electrons. The van der Waals surface area contributed by atoms with Crippen molar-refractivity contribution >= 4 is 11.9 Å². The number of carbonyl (C=O) groups is 2. The summed E-state index contributed by atoms with van der Waals surface area (Å²) in [6.07, 6.45) is 26.6. The molecule has 0 aromatic carbocycles. The highest BCUT2D eigenvalue weighted by Gasteiger charge is 2.26. The molecule has 2 atom stereocenters. The number of hydrogen-bond acceptors (Lipinski definition) is 4. The molecule has 0 saturated heterocycles. The van der Waals surface area contributed by atoms with Crippen LogP contribution < -0.4 is 0 Å². The second-order valence-corrected chi connectivity index (χ2v) is 11.1. The fraction of sp³-hybridized carbons (Fsp3) is 0.939. The molecule has 4 heteroatoms. The van der Waals surface area contributed by atoms with Crippen LogP contribution in [0.15, 0.2) is 0 Å². The van der Waals surface area contributed by atoms with Crippen molar-refractivity contribution in [3.05, 3.63) is 0 Å². The SMILES string of the molecule is CCCCCCCOC(=O)CCCCCCCCCCCC(CC)C(CC)C(=O)OCCCCCCC. The number of unbranched alkanes of at least 4 members (excludes halogenated alkanes) is 16. The number of hydrogen-bond donors (Lipinski definition) is 0. The summed E-state index contributed by atoms with van der Waals surface area (Å²) in [5, 5.41) is 0. The maximum atomic E-state index is 12.6. The minimum absolute atomic E-state index is 0.0122. The standard InChI is InChI=1S/C33H64O4/c1-5-9-11-20-24-28-36-32(34)27-23-19-17-15-13-14-16-18-22-26-30(7-3)31(8-4)33(35)37-29-25-21-12-10-6-2/h30-31H,5-29H2,1-4H3. The molecule has 0 spiro atoms. The molecule has 0 rings (SSSR count). The molecule has 0 aliphatic carbocycles. The van der Waals surface area contributed by atoms with Crippen molar-refractivity contribution in [2.45, 2.75) is 175 Å². The van der Waals surface area contributed by atoms with Crippen LogP contribution in [0.5, 0.6) is 0 Å². The topological polar surface area (TPSA) is 52.6 Å². The lowest BCUT2D eigenvalue weighted by Gasteiger charge is -2.23. The van der Waals surface area contributed by atoms with E-state index in [0.717, 1.165) is 44.9 Å². The molecule has 0 amide bonds. The van der Waals surface area contributed by atoms with E-state index in [9.17, 15) is 9.59 Å². The summed E-state index contributed by atoms with van der Waals surface area (Å²) in [6, 6.07) is 0. The van der Waals surface area contributed by atoms with Gasteiger partial charge in [-0.15, -0.1) is 0 Å². The van der Waals surface area contributed by atoms with Crippen molar-refractivity contribution in [3.63, 3.8) is 0 Å². The lowest BCUT2D eigenvalue weighted by Crippen LogP contribution is -2.25. The molecule has 0 N–H and O–H groups in total. The van der Waals surface area contributed by atoms with Crippen LogP contribution in [0.25, 0.3) is 0 Å². The van der Waals surface area contributed by atoms with Crippen molar-refractivity contribution in [1.29, 1.82) is 0 Å². The molecule has 4 nitrogen and oxygen atoms in total. The normalized spacial score (nSPS) is 12.9. The van der Waals surface area contributed by atoms with E-state index in [1.807, 2.05) is 0 Å². The van der Waals surface area contributed by atoms with Gasteiger partial charge in [-0.25, -0.2) is 0 Å². The van der Waals surface area contributed by atoms with Crippen LogP contribution >= 0.6 is 0 Å². The molecular weight excluding hydrogens is 460 g/mol. The molecular formula is C33H64O4. The Labute approximate surface area is 231 Å². The van der Waals surface area contributed by atoms with Crippen molar-refractivity contribution in [1.82, 2.24) is 0 Å². The Morgan fingerprint density at radius 1 is 0.514 bits per heavy atom. The Hall–Kier alpha value is -1.06. The van der Waals surface area contributed by atoms with E-state index in [-0.39, 0.29) is 17.9 Å². The molecule has 37 heavy (non-hydrogen) atoms. The lowest BCUT2D eigenvalue weighted by molar-refractivity contribution is -0.151. The van der Waals surface area contributed by atoms with Gasteiger partial charge in [0, 0.05) is 6.42 Å². The first-order valence-corrected chi connectivity index (χ1v) is 16.4. The van der Waals surface area contributed by atoms with E-state index in [4.69, 9.17) is 9.47 Å². The van der Waals surface area contributed by atoms with E-state index in [2.05, 4.69) is 27.7 Å². The van der Waals surface area contributed by atoms with Gasteiger partial charge in [-0.2, -0.15) is 0 Å². The summed E-state index contributed by atoms with van der Waals surface area (Å²) in [5.74, 6) is 0.566. The van der Waals surface area contributed by atoms with Gasteiger partial charge in [-0.3, -0.25) is 9.59 Å². The minimum atomic E-state index is -0.0122. The van der Waals surface area contributed by atoms with Crippen LogP contribution in [0.2, 0.25) is 0 Å². The zero-order valence-corrected chi connectivity index (χ0v) is 25.5. The van der Waals surface area contributed by atoms with Gasteiger partial charge in [-0.05, 0) is 38.0 Å². The van der Waals surface area contributed by atoms with Crippen LogP contribution in [-0.4, -0.2) is 25.2 Å². The Morgan fingerprint density at radius 3 is 1.49 bits per heavy atom. The fourth-order valence-corrected chi connectivity index (χ4v) is 5.24. The number of ether oxygens (including phenoxy) is 2. The monoisotopic (exact) mass is 524 g/mol. The predicted octanol–water partition coefficient (Wildman–Crippen LogP) is 10.4. The molecule has 0 bridgehead atoms. The van der Waals surface area contributed by atoms with Gasteiger partial charge in [0.15, 0.2) is 0 Å². The first-order chi connectivity index (χ1) is 18.1. The maximum absolute atomic E-state index is 12.6. The highest BCUT2D eigenvalue weighted by atomic mass is 16.5. The fourth-order valence-electron chi connectivity index (χ4n) is 5.24. The molecule has 0 heterocycles. The molecule has 0 aromatic heterocycles. The van der Waals surface area contributed by atoms with Crippen molar-refractivity contribution in [3.8, 4) is 0 Å². The van der Waals surface area contributed by atoms with Gasteiger partial charge < -0.3 is 9.47 Å². The second-order valence-electron chi connectivity index (χ2n) is 11.1. The van der Waals surface area contributed by atoms with Gasteiger partial charge in [0.05, 0.1) is 19.1 Å². The molecule has 2 unspecified atom stereocenters. The highest BCUT2D eigenvalue weighted by molar-refractivity contribution is 5.72. The number of esters is 2. The zero-order valence-electron chi connectivity index (χ0n) is 25.5. The average Bonchev–Trinajstić information content (AvgIpc) is 2.90. The maximum Gasteiger partial charge on any atom is 0.309 e. The summed E-state index contributed by atoms with van der Waals surface area (Å²) in [5.41, 5.74) is 0. The quantitative estimate of drug-likeness (QED) is 0.0754. The zero-order chi connectivity index (χ0) is 27.4. The van der Waals surface area contributed by atoms with Gasteiger partial charge >= 0.3 is 11.9 Å². The Bertz CT molecular complexity index is 505. The third kappa shape index (κ3) is 22.6. The Kier molecular flexibility index (Phi) is 27.2. The van der Waals surface area contributed by atoms with Gasteiger partial charge in [0.1, 0.15) is 0 Å². The predicted molar refractivity (Wildman–Crippen MR) is 158 cm³/mol. The number of carbonyl (C=O) groups excluding carboxylic acids is 2. The molecule has 0 aliphatic heterocycles. The van der Waals surface area contributed by atoms with Gasteiger partial charge in [-0.1, -0.05) is 137 Å². The van der Waals surface area contributed by atoms with Gasteiger partial charge in [0.25, 0.3) is 0 Å². The van der Waals surface area contributed by atoms with Crippen molar-refractivity contribution < 1.29 is 19.1 Å². The molecule has 0 aliphatic rings. The van der Waals surface area contributed by atoms with Crippen molar-refractivity contribution in [2.75, 3.05) is 13.2 Å². The summed E-state index contributed by atoms with van der Waals surface area (Å²) in [6.45, 7) is 9.99. The first-order valence-electron chi connectivity index (χ1n) is 16.4. The van der Waals surface area contributed by atoms with Crippen LogP contribution in [0.3, 0.4) is 0 Å².